The summed E-state index contributed by atoms with van der Waals surface area (Å²) in [5, 5.41) is 0. The molecule has 1 rings (SSSR count). The topological polar surface area (TPSA) is 44.5 Å². The molecule has 0 aromatic heterocycles. The van der Waals surface area contributed by atoms with Crippen molar-refractivity contribution in [2.45, 2.75) is 26.4 Å². The van der Waals surface area contributed by atoms with Gasteiger partial charge in [-0.15, -0.1) is 0 Å². The lowest BCUT2D eigenvalue weighted by Crippen LogP contribution is -2.08. The zero-order valence-corrected chi connectivity index (χ0v) is 9.40. The van der Waals surface area contributed by atoms with E-state index in [0.29, 0.717) is 12.3 Å². The second kappa shape index (κ2) is 6.30. The molecule has 0 spiro atoms. The molecule has 0 heterocycles. The smallest absolute Gasteiger partial charge is 0.142 e. The van der Waals surface area contributed by atoms with Gasteiger partial charge in [-0.1, -0.05) is 12.1 Å². The summed E-state index contributed by atoms with van der Waals surface area (Å²) in [6.07, 6.45) is 1.17. The van der Waals surface area contributed by atoms with Crippen LogP contribution in [0.4, 0.5) is 5.69 Å². The van der Waals surface area contributed by atoms with Crippen LogP contribution in [0.15, 0.2) is 24.3 Å². The van der Waals surface area contributed by atoms with Gasteiger partial charge in [-0.05, 0) is 26.0 Å². The number of ether oxygens (including phenoxy) is 2. The first-order valence-corrected chi connectivity index (χ1v) is 5.29. The lowest BCUT2D eigenvalue weighted by Gasteiger charge is -2.09. The Bertz CT molecular complexity index is 287. The number of anilines is 1. The molecule has 0 aliphatic carbocycles. The first-order chi connectivity index (χ1) is 7.20. The number of benzene rings is 1. The molecule has 15 heavy (non-hydrogen) atoms. The van der Waals surface area contributed by atoms with E-state index in [-0.39, 0.29) is 6.10 Å². The number of para-hydroxylation sites is 2. The molecular formula is C12H19NO2. The molecule has 0 bridgehead atoms. The first-order valence-electron chi connectivity index (χ1n) is 5.29. The molecule has 0 amide bonds. The maximum atomic E-state index is 5.73. The van der Waals surface area contributed by atoms with E-state index in [1.165, 1.54) is 0 Å². The molecule has 2 N–H and O–H groups in total. The number of hydrogen-bond acceptors (Lipinski definition) is 3. The van der Waals surface area contributed by atoms with Crippen molar-refractivity contribution in [3.05, 3.63) is 24.3 Å². The van der Waals surface area contributed by atoms with Gasteiger partial charge in [0.1, 0.15) is 5.75 Å². The maximum Gasteiger partial charge on any atom is 0.142 e. The molecule has 0 saturated carbocycles. The second-order valence-corrected chi connectivity index (χ2v) is 3.66. The summed E-state index contributed by atoms with van der Waals surface area (Å²) in [6, 6.07) is 7.51. The van der Waals surface area contributed by atoms with Gasteiger partial charge in [0, 0.05) is 6.42 Å². The number of hydrogen-bond donors (Lipinski definition) is 1. The van der Waals surface area contributed by atoms with Gasteiger partial charge in [0.25, 0.3) is 0 Å². The Morgan fingerprint density at radius 2 is 1.93 bits per heavy atom. The van der Waals surface area contributed by atoms with Crippen molar-refractivity contribution < 1.29 is 9.47 Å². The van der Waals surface area contributed by atoms with Crippen molar-refractivity contribution in [3.63, 3.8) is 0 Å². The fraction of sp³-hybridized carbons (Fsp3) is 0.500. The summed E-state index contributed by atoms with van der Waals surface area (Å²) >= 11 is 0. The molecule has 0 saturated heterocycles. The average molecular weight is 209 g/mol. The molecule has 0 atom stereocenters. The predicted octanol–water partition coefficient (Wildman–Crippen LogP) is 2.46. The molecule has 1 aromatic carbocycles. The molecule has 84 valence electrons. The molecule has 0 fully saturated rings. The van der Waals surface area contributed by atoms with Crippen molar-refractivity contribution in [1.82, 2.24) is 0 Å². The third kappa shape index (κ3) is 4.70. The van der Waals surface area contributed by atoms with Crippen LogP contribution in [-0.4, -0.2) is 19.3 Å². The van der Waals surface area contributed by atoms with Crippen molar-refractivity contribution in [2.24, 2.45) is 0 Å². The van der Waals surface area contributed by atoms with E-state index in [2.05, 4.69) is 0 Å². The van der Waals surface area contributed by atoms with E-state index in [1.54, 1.807) is 0 Å². The van der Waals surface area contributed by atoms with Gasteiger partial charge in [0.05, 0.1) is 25.0 Å². The molecule has 3 heteroatoms. The van der Waals surface area contributed by atoms with Crippen molar-refractivity contribution >= 4 is 5.69 Å². The Morgan fingerprint density at radius 3 is 2.60 bits per heavy atom. The summed E-state index contributed by atoms with van der Waals surface area (Å²) in [6.45, 7) is 5.41. The van der Waals surface area contributed by atoms with Gasteiger partial charge >= 0.3 is 0 Å². The normalized spacial score (nSPS) is 10.6. The van der Waals surface area contributed by atoms with E-state index in [1.807, 2.05) is 38.1 Å². The minimum atomic E-state index is 0.284. The van der Waals surface area contributed by atoms with Crippen molar-refractivity contribution in [1.29, 1.82) is 0 Å². The van der Waals surface area contributed by atoms with Crippen LogP contribution in [0.1, 0.15) is 20.3 Å². The third-order valence-corrected chi connectivity index (χ3v) is 1.92. The molecule has 0 aliphatic heterocycles. The molecular weight excluding hydrogens is 190 g/mol. The quantitative estimate of drug-likeness (QED) is 0.578. The highest BCUT2D eigenvalue weighted by Crippen LogP contribution is 2.19. The van der Waals surface area contributed by atoms with Crippen molar-refractivity contribution in [3.8, 4) is 5.75 Å². The first kappa shape index (κ1) is 11.9. The molecule has 0 aliphatic rings. The van der Waals surface area contributed by atoms with Gasteiger partial charge in [-0.25, -0.2) is 0 Å². The zero-order chi connectivity index (χ0) is 11.1. The van der Waals surface area contributed by atoms with Crippen LogP contribution >= 0.6 is 0 Å². The van der Waals surface area contributed by atoms with Crippen LogP contribution in [0.25, 0.3) is 0 Å². The fourth-order valence-electron chi connectivity index (χ4n) is 1.17. The minimum Gasteiger partial charge on any atom is -0.491 e. The molecule has 1 aromatic rings. The number of nitrogens with two attached hydrogens (primary N) is 1. The summed E-state index contributed by atoms with van der Waals surface area (Å²) in [7, 11) is 0. The van der Waals surface area contributed by atoms with Gasteiger partial charge in [-0.3, -0.25) is 0 Å². The fourth-order valence-corrected chi connectivity index (χ4v) is 1.17. The van der Waals surface area contributed by atoms with E-state index in [0.717, 1.165) is 18.8 Å². The largest absolute Gasteiger partial charge is 0.491 e. The van der Waals surface area contributed by atoms with Gasteiger partial charge in [0.2, 0.25) is 0 Å². The van der Waals surface area contributed by atoms with Gasteiger partial charge < -0.3 is 15.2 Å². The Hall–Kier alpha value is -1.22. The van der Waals surface area contributed by atoms with Crippen LogP contribution in [-0.2, 0) is 4.74 Å². The lowest BCUT2D eigenvalue weighted by molar-refractivity contribution is 0.0695. The van der Waals surface area contributed by atoms with Crippen LogP contribution in [0, 0.1) is 0 Å². The SMILES string of the molecule is CC(C)OCCCOc1ccccc1N. The predicted molar refractivity (Wildman–Crippen MR) is 62.1 cm³/mol. The third-order valence-electron chi connectivity index (χ3n) is 1.92. The summed E-state index contributed by atoms with van der Waals surface area (Å²) in [5.41, 5.74) is 6.41. The van der Waals surface area contributed by atoms with Gasteiger partial charge in [-0.2, -0.15) is 0 Å². The summed E-state index contributed by atoms with van der Waals surface area (Å²) in [4.78, 5) is 0. The van der Waals surface area contributed by atoms with E-state index in [4.69, 9.17) is 15.2 Å². The molecule has 0 unspecified atom stereocenters. The highest BCUT2D eigenvalue weighted by molar-refractivity contribution is 5.51. The van der Waals surface area contributed by atoms with E-state index < -0.39 is 0 Å². The highest BCUT2D eigenvalue weighted by atomic mass is 16.5. The Kier molecular flexibility index (Phi) is 4.98. The van der Waals surface area contributed by atoms with Gasteiger partial charge in [0.15, 0.2) is 0 Å². The average Bonchev–Trinajstić information content (AvgIpc) is 2.20. The van der Waals surface area contributed by atoms with E-state index >= 15 is 0 Å². The Labute approximate surface area is 91.2 Å². The molecule has 0 radical (unpaired) electrons. The van der Waals surface area contributed by atoms with Crippen LogP contribution in [0.5, 0.6) is 5.75 Å². The van der Waals surface area contributed by atoms with Crippen LogP contribution in [0.2, 0.25) is 0 Å². The Morgan fingerprint density at radius 1 is 1.20 bits per heavy atom. The van der Waals surface area contributed by atoms with E-state index in [9.17, 15) is 0 Å². The van der Waals surface area contributed by atoms with Crippen molar-refractivity contribution in [2.75, 3.05) is 18.9 Å². The molecule has 3 nitrogen and oxygen atoms in total. The highest BCUT2D eigenvalue weighted by Gasteiger charge is 1.98. The number of rotatable bonds is 6. The Balaban J connectivity index is 2.18. The second-order valence-electron chi connectivity index (χ2n) is 3.66. The maximum absolute atomic E-state index is 5.73. The summed E-state index contributed by atoms with van der Waals surface area (Å²) < 4.78 is 10.9. The van der Waals surface area contributed by atoms with Crippen LogP contribution < -0.4 is 10.5 Å². The van der Waals surface area contributed by atoms with Crippen LogP contribution in [0.3, 0.4) is 0 Å². The standard InChI is InChI=1S/C12H19NO2/c1-10(2)14-8-5-9-15-12-7-4-3-6-11(12)13/h3-4,6-7,10H,5,8-9,13H2,1-2H3. The minimum absolute atomic E-state index is 0.284. The zero-order valence-electron chi connectivity index (χ0n) is 9.40. The monoisotopic (exact) mass is 209 g/mol. The summed E-state index contributed by atoms with van der Waals surface area (Å²) in [5.74, 6) is 0.752. The number of nitrogen functional groups attached to an aromatic ring is 1. The lowest BCUT2D eigenvalue weighted by atomic mass is 10.3.